The molecule has 0 aliphatic carbocycles. The molecular weight excluding hydrogens is 539 g/mol. The van der Waals surface area contributed by atoms with Gasteiger partial charge in [0.2, 0.25) is 10.0 Å². The van der Waals surface area contributed by atoms with Crippen LogP contribution in [0.3, 0.4) is 0 Å². The molecular formula is C30H38F3N3O3S. The van der Waals surface area contributed by atoms with E-state index in [-0.39, 0.29) is 31.9 Å². The van der Waals surface area contributed by atoms with Crippen molar-refractivity contribution < 1.29 is 26.3 Å². The Hall–Kier alpha value is -2.92. The minimum atomic E-state index is -4.52. The van der Waals surface area contributed by atoms with E-state index in [1.54, 1.807) is 36.4 Å². The quantitative estimate of drug-likeness (QED) is 0.256. The van der Waals surface area contributed by atoms with Crippen molar-refractivity contribution in [3.63, 3.8) is 0 Å². The fraction of sp³-hybridized carbons (Fsp3) is 0.400. The molecule has 0 aliphatic heterocycles. The molecule has 0 bridgehead atoms. The first kappa shape index (κ1) is 31.6. The number of alkyl halides is 3. The summed E-state index contributed by atoms with van der Waals surface area (Å²) in [6.45, 7) is 4.20. The van der Waals surface area contributed by atoms with Gasteiger partial charge in [-0.3, -0.25) is 9.62 Å². The van der Waals surface area contributed by atoms with Gasteiger partial charge in [0.05, 0.1) is 25.2 Å². The molecule has 3 rings (SSSR count). The van der Waals surface area contributed by atoms with Gasteiger partial charge in [0.25, 0.3) is 0 Å². The first-order valence-electron chi connectivity index (χ1n) is 13.1. The summed E-state index contributed by atoms with van der Waals surface area (Å²) < 4.78 is 74.0. The van der Waals surface area contributed by atoms with E-state index in [1.807, 2.05) is 44.2 Å². The van der Waals surface area contributed by atoms with Crippen molar-refractivity contribution in [1.82, 2.24) is 5.32 Å². The molecule has 40 heavy (non-hydrogen) atoms. The predicted molar refractivity (Wildman–Crippen MR) is 153 cm³/mol. The summed E-state index contributed by atoms with van der Waals surface area (Å²) in [5.41, 5.74) is 8.51. The lowest BCUT2D eigenvalue weighted by Gasteiger charge is -2.26. The molecule has 6 nitrogen and oxygen atoms in total. The molecule has 0 saturated carbocycles. The molecule has 0 fully saturated rings. The average Bonchev–Trinajstić information content (AvgIpc) is 2.86. The molecule has 0 saturated heterocycles. The molecule has 0 spiro atoms. The van der Waals surface area contributed by atoms with Crippen LogP contribution in [-0.2, 0) is 34.3 Å². The van der Waals surface area contributed by atoms with E-state index in [9.17, 15) is 21.6 Å². The Labute approximate surface area is 235 Å². The van der Waals surface area contributed by atoms with Crippen LogP contribution in [0.1, 0.15) is 48.6 Å². The number of nitrogens with zero attached hydrogens (tertiary/aromatic N) is 1. The molecule has 0 heterocycles. The Morgan fingerprint density at radius 3 is 2.12 bits per heavy atom. The fourth-order valence-electron chi connectivity index (χ4n) is 4.57. The summed E-state index contributed by atoms with van der Waals surface area (Å²) in [7, 11) is -3.62. The normalized spacial score (nSPS) is 14.5. The summed E-state index contributed by atoms with van der Waals surface area (Å²) in [6, 6.07) is 20.6. The highest BCUT2D eigenvalue weighted by Gasteiger charge is 2.40. The zero-order valence-corrected chi connectivity index (χ0v) is 23.9. The van der Waals surface area contributed by atoms with Gasteiger partial charge in [-0.2, -0.15) is 13.2 Å². The molecule has 10 heteroatoms. The van der Waals surface area contributed by atoms with Crippen LogP contribution in [-0.4, -0.2) is 39.5 Å². The third-order valence-corrected chi connectivity index (χ3v) is 7.47. The first-order chi connectivity index (χ1) is 18.8. The van der Waals surface area contributed by atoms with E-state index in [2.05, 4.69) is 5.32 Å². The minimum Gasteiger partial charge on any atom is -0.375 e. The topological polar surface area (TPSA) is 84.7 Å². The van der Waals surface area contributed by atoms with Crippen molar-refractivity contribution in [1.29, 1.82) is 0 Å². The van der Waals surface area contributed by atoms with Crippen LogP contribution in [0.15, 0.2) is 78.9 Å². The van der Waals surface area contributed by atoms with Crippen LogP contribution in [0.5, 0.6) is 0 Å². The molecule has 3 N–H and O–H groups in total. The van der Waals surface area contributed by atoms with E-state index in [4.69, 9.17) is 10.5 Å². The van der Waals surface area contributed by atoms with Gasteiger partial charge in [0.15, 0.2) is 0 Å². The Kier molecular flexibility index (Phi) is 10.8. The Morgan fingerprint density at radius 2 is 1.55 bits per heavy atom. The number of rotatable bonds is 14. The summed E-state index contributed by atoms with van der Waals surface area (Å²) in [6.07, 6.45) is -2.24. The monoisotopic (exact) mass is 577 g/mol. The second-order valence-electron chi connectivity index (χ2n) is 10.4. The molecule has 2 atom stereocenters. The molecule has 2 unspecified atom stereocenters. The fourth-order valence-corrected chi connectivity index (χ4v) is 5.57. The molecule has 218 valence electrons. The molecule has 0 amide bonds. The van der Waals surface area contributed by atoms with E-state index in [0.29, 0.717) is 29.7 Å². The van der Waals surface area contributed by atoms with Crippen LogP contribution in [0, 0.1) is 0 Å². The second kappa shape index (κ2) is 13.6. The van der Waals surface area contributed by atoms with Gasteiger partial charge >= 0.3 is 6.18 Å². The maximum atomic E-state index is 13.9. The molecule has 3 aromatic rings. The van der Waals surface area contributed by atoms with E-state index >= 15 is 0 Å². The van der Waals surface area contributed by atoms with Crippen LogP contribution < -0.4 is 15.4 Å². The zero-order valence-electron chi connectivity index (χ0n) is 23.1. The van der Waals surface area contributed by atoms with Crippen LogP contribution in [0.25, 0.3) is 0 Å². The molecule has 0 aliphatic rings. The van der Waals surface area contributed by atoms with Crippen molar-refractivity contribution in [3.8, 4) is 0 Å². The lowest BCUT2D eigenvalue weighted by Crippen LogP contribution is -2.43. The van der Waals surface area contributed by atoms with Crippen LogP contribution in [0.2, 0.25) is 0 Å². The lowest BCUT2D eigenvalue weighted by atomic mass is 9.95. The van der Waals surface area contributed by atoms with Crippen LogP contribution >= 0.6 is 0 Å². The first-order valence-corrected chi connectivity index (χ1v) is 15.0. The molecule has 0 aromatic heterocycles. The minimum absolute atomic E-state index is 0.0964. The van der Waals surface area contributed by atoms with Crippen molar-refractivity contribution >= 4 is 15.7 Å². The number of nitrogens with two attached hydrogens (primary N) is 1. The van der Waals surface area contributed by atoms with Crippen molar-refractivity contribution in [2.45, 2.75) is 57.6 Å². The van der Waals surface area contributed by atoms with Crippen molar-refractivity contribution in [2.24, 2.45) is 5.73 Å². The summed E-state index contributed by atoms with van der Waals surface area (Å²) in [4.78, 5) is 0. The van der Waals surface area contributed by atoms with Gasteiger partial charge in [-0.25, -0.2) is 8.42 Å². The van der Waals surface area contributed by atoms with Gasteiger partial charge in [-0.15, -0.1) is 0 Å². The highest BCUT2D eigenvalue weighted by atomic mass is 32.2. The summed E-state index contributed by atoms with van der Waals surface area (Å²) in [5, 5.41) is 2.61. The maximum Gasteiger partial charge on any atom is 0.407 e. The van der Waals surface area contributed by atoms with E-state index in [0.717, 1.165) is 11.8 Å². The van der Waals surface area contributed by atoms with E-state index in [1.165, 1.54) is 16.4 Å². The number of halogens is 3. The predicted octanol–water partition coefficient (Wildman–Crippen LogP) is 5.73. The number of ether oxygens (including phenoxy) is 1. The molecule has 3 aromatic carbocycles. The second-order valence-corrected chi connectivity index (χ2v) is 12.3. The zero-order chi connectivity index (χ0) is 29.4. The SMILES string of the molecule is CCCN(c1cc(CNC(c2ccccc2)C(F)(F)F)cc(COCC(C)(N)Cc2ccccc2)c1)S(C)(=O)=O. The molecule has 0 radical (unpaired) electrons. The van der Waals surface area contributed by atoms with Crippen molar-refractivity contribution in [2.75, 3.05) is 23.7 Å². The Morgan fingerprint density at radius 1 is 0.950 bits per heavy atom. The number of benzene rings is 3. The number of nitrogens with one attached hydrogen (secondary N) is 1. The third kappa shape index (κ3) is 9.62. The van der Waals surface area contributed by atoms with Gasteiger partial charge in [0, 0.05) is 18.6 Å². The van der Waals surface area contributed by atoms with Crippen LogP contribution in [0.4, 0.5) is 18.9 Å². The summed E-state index contributed by atoms with van der Waals surface area (Å²) >= 11 is 0. The van der Waals surface area contributed by atoms with Gasteiger partial charge in [0.1, 0.15) is 6.04 Å². The number of hydrogen-bond acceptors (Lipinski definition) is 5. The standard InChI is InChI=1S/C30H38F3N3O3S/c1-4-15-36(40(3,37)38)27-17-24(20-35-28(30(31,32)33)26-13-9-6-10-14-26)16-25(18-27)21-39-22-29(2,34)19-23-11-7-5-8-12-23/h5-14,16-18,28,35H,4,15,19-22,34H2,1-3H3. The highest BCUT2D eigenvalue weighted by molar-refractivity contribution is 7.92. The third-order valence-electron chi connectivity index (χ3n) is 6.27. The largest absolute Gasteiger partial charge is 0.407 e. The maximum absolute atomic E-state index is 13.9. The number of hydrogen-bond donors (Lipinski definition) is 2. The van der Waals surface area contributed by atoms with Gasteiger partial charge in [-0.1, -0.05) is 73.7 Å². The number of sulfonamides is 1. The highest BCUT2D eigenvalue weighted by Crippen LogP contribution is 2.33. The summed E-state index contributed by atoms with van der Waals surface area (Å²) in [5.74, 6) is 0. The Balaban J connectivity index is 1.83. The van der Waals surface area contributed by atoms with Crippen molar-refractivity contribution in [3.05, 3.63) is 101 Å². The number of anilines is 1. The average molecular weight is 578 g/mol. The van der Waals surface area contributed by atoms with Gasteiger partial charge in [-0.05, 0) is 54.2 Å². The Bertz CT molecular complexity index is 1320. The smallest absolute Gasteiger partial charge is 0.375 e. The van der Waals surface area contributed by atoms with E-state index < -0.39 is 27.8 Å². The van der Waals surface area contributed by atoms with Gasteiger partial charge < -0.3 is 10.5 Å². The lowest BCUT2D eigenvalue weighted by molar-refractivity contribution is -0.158.